The van der Waals surface area contributed by atoms with Crippen molar-refractivity contribution >= 4 is 0 Å². The average Bonchev–Trinajstić information content (AvgIpc) is 2.94. The molecule has 0 radical (unpaired) electrons. The van der Waals surface area contributed by atoms with Crippen LogP contribution in [0.1, 0.15) is 69.4 Å². The standard InChI is InChI=1S/C19H32N2/c1-2-3-4-5-6-7-8-13-19(21-20)18-14-16-11-9-10-12-17(16)15-18/h9-12,18-19,21H,2-8,13-15,20H2,1H3. The van der Waals surface area contributed by atoms with Crippen molar-refractivity contribution in [2.24, 2.45) is 11.8 Å². The molecule has 1 aromatic rings. The number of hydrogen-bond donors (Lipinski definition) is 2. The molecule has 0 saturated carbocycles. The maximum Gasteiger partial charge on any atom is 0.0245 e. The molecular formula is C19H32N2. The molecule has 0 aromatic heterocycles. The third-order valence-electron chi connectivity index (χ3n) is 4.98. The summed E-state index contributed by atoms with van der Waals surface area (Å²) in [6, 6.07) is 9.34. The number of nitrogens with two attached hydrogens (primary N) is 1. The van der Waals surface area contributed by atoms with E-state index in [9.17, 15) is 0 Å². The smallest absolute Gasteiger partial charge is 0.0245 e. The number of unbranched alkanes of at least 4 members (excludes halogenated alkanes) is 6. The molecule has 0 heterocycles. The number of nitrogens with one attached hydrogen (secondary N) is 1. The van der Waals surface area contributed by atoms with Crippen LogP contribution in [0.25, 0.3) is 0 Å². The normalized spacial score (nSPS) is 16.1. The summed E-state index contributed by atoms with van der Waals surface area (Å²) < 4.78 is 0. The van der Waals surface area contributed by atoms with E-state index in [0.717, 1.165) is 0 Å². The van der Waals surface area contributed by atoms with Crippen molar-refractivity contribution in [3.05, 3.63) is 35.4 Å². The SMILES string of the molecule is CCCCCCCCCC(NN)C1Cc2ccccc2C1. The molecule has 2 nitrogen and oxygen atoms in total. The highest BCUT2D eigenvalue weighted by Gasteiger charge is 2.27. The lowest BCUT2D eigenvalue weighted by atomic mass is 9.92. The highest BCUT2D eigenvalue weighted by Crippen LogP contribution is 2.30. The van der Waals surface area contributed by atoms with Crippen molar-refractivity contribution in [2.75, 3.05) is 0 Å². The lowest BCUT2D eigenvalue weighted by molar-refractivity contribution is 0.338. The van der Waals surface area contributed by atoms with E-state index in [2.05, 4.69) is 36.6 Å². The quantitative estimate of drug-likeness (QED) is 0.381. The molecular weight excluding hydrogens is 256 g/mol. The zero-order chi connectivity index (χ0) is 14.9. The van der Waals surface area contributed by atoms with Gasteiger partial charge in [0.2, 0.25) is 0 Å². The minimum absolute atomic E-state index is 0.480. The van der Waals surface area contributed by atoms with Crippen LogP contribution >= 0.6 is 0 Å². The number of fused-ring (bicyclic) bond motifs is 1. The van der Waals surface area contributed by atoms with E-state index in [4.69, 9.17) is 5.84 Å². The Balaban J connectivity index is 1.65. The average molecular weight is 288 g/mol. The predicted molar refractivity (Wildman–Crippen MR) is 91.1 cm³/mol. The third-order valence-corrected chi connectivity index (χ3v) is 4.98. The fraction of sp³-hybridized carbons (Fsp3) is 0.684. The molecule has 21 heavy (non-hydrogen) atoms. The number of hydrazine groups is 1. The minimum Gasteiger partial charge on any atom is -0.271 e. The summed E-state index contributed by atoms with van der Waals surface area (Å²) >= 11 is 0. The van der Waals surface area contributed by atoms with Crippen molar-refractivity contribution in [2.45, 2.75) is 77.2 Å². The number of hydrogen-bond acceptors (Lipinski definition) is 2. The van der Waals surface area contributed by atoms with Gasteiger partial charge in [-0.15, -0.1) is 0 Å². The maximum absolute atomic E-state index is 5.82. The van der Waals surface area contributed by atoms with Crippen LogP contribution in [-0.2, 0) is 12.8 Å². The maximum atomic E-state index is 5.82. The molecule has 2 rings (SSSR count). The van der Waals surface area contributed by atoms with Gasteiger partial charge in [0.1, 0.15) is 0 Å². The van der Waals surface area contributed by atoms with Gasteiger partial charge in [-0.2, -0.15) is 0 Å². The lowest BCUT2D eigenvalue weighted by Crippen LogP contribution is -2.41. The van der Waals surface area contributed by atoms with E-state index in [0.29, 0.717) is 12.0 Å². The molecule has 1 aliphatic rings. The van der Waals surface area contributed by atoms with Crippen molar-refractivity contribution in [1.82, 2.24) is 5.43 Å². The zero-order valence-corrected chi connectivity index (χ0v) is 13.6. The second-order valence-electron chi connectivity index (χ2n) is 6.62. The van der Waals surface area contributed by atoms with Gasteiger partial charge >= 0.3 is 0 Å². The van der Waals surface area contributed by atoms with Crippen molar-refractivity contribution in [3.63, 3.8) is 0 Å². The topological polar surface area (TPSA) is 38.0 Å². The molecule has 118 valence electrons. The van der Waals surface area contributed by atoms with Crippen LogP contribution in [0.4, 0.5) is 0 Å². The summed E-state index contributed by atoms with van der Waals surface area (Å²) in [5.74, 6) is 6.51. The van der Waals surface area contributed by atoms with Crippen LogP contribution in [0, 0.1) is 5.92 Å². The molecule has 1 aliphatic carbocycles. The van der Waals surface area contributed by atoms with E-state index in [1.807, 2.05) is 0 Å². The molecule has 0 bridgehead atoms. The van der Waals surface area contributed by atoms with Gasteiger partial charge in [0, 0.05) is 6.04 Å². The summed E-state index contributed by atoms with van der Waals surface area (Å²) in [7, 11) is 0. The molecule has 0 spiro atoms. The molecule has 0 amide bonds. The minimum atomic E-state index is 0.480. The molecule has 0 saturated heterocycles. The summed E-state index contributed by atoms with van der Waals surface area (Å²) in [6.45, 7) is 2.27. The van der Waals surface area contributed by atoms with E-state index in [-0.39, 0.29) is 0 Å². The Morgan fingerprint density at radius 2 is 1.57 bits per heavy atom. The van der Waals surface area contributed by atoms with Gasteiger partial charge in [-0.25, -0.2) is 0 Å². The molecule has 2 heteroatoms. The Morgan fingerprint density at radius 1 is 1.00 bits per heavy atom. The van der Waals surface area contributed by atoms with Crippen LogP contribution in [-0.4, -0.2) is 6.04 Å². The first-order chi connectivity index (χ1) is 10.3. The Morgan fingerprint density at radius 3 is 2.14 bits per heavy atom. The fourth-order valence-corrected chi connectivity index (χ4v) is 3.65. The Kier molecular flexibility index (Phi) is 7.25. The van der Waals surface area contributed by atoms with Gasteiger partial charge in [-0.1, -0.05) is 76.1 Å². The third kappa shape index (κ3) is 5.12. The van der Waals surface area contributed by atoms with E-state index < -0.39 is 0 Å². The van der Waals surface area contributed by atoms with Gasteiger partial charge in [0.05, 0.1) is 0 Å². The van der Waals surface area contributed by atoms with Gasteiger partial charge in [0.25, 0.3) is 0 Å². The van der Waals surface area contributed by atoms with Gasteiger partial charge < -0.3 is 0 Å². The fourth-order valence-electron chi connectivity index (χ4n) is 3.65. The monoisotopic (exact) mass is 288 g/mol. The Hall–Kier alpha value is -0.860. The lowest BCUT2D eigenvalue weighted by Gasteiger charge is -2.22. The second-order valence-corrected chi connectivity index (χ2v) is 6.62. The zero-order valence-electron chi connectivity index (χ0n) is 13.6. The first kappa shape index (κ1) is 16.5. The van der Waals surface area contributed by atoms with Crippen LogP contribution in [0.2, 0.25) is 0 Å². The summed E-state index contributed by atoms with van der Waals surface area (Å²) in [5.41, 5.74) is 6.15. The molecule has 0 aliphatic heterocycles. The molecule has 1 atom stereocenters. The highest BCUT2D eigenvalue weighted by atomic mass is 15.2. The van der Waals surface area contributed by atoms with Crippen LogP contribution < -0.4 is 11.3 Å². The van der Waals surface area contributed by atoms with Crippen LogP contribution in [0.5, 0.6) is 0 Å². The predicted octanol–water partition coefficient (Wildman–Crippen LogP) is 4.37. The molecule has 1 unspecified atom stereocenters. The van der Waals surface area contributed by atoms with E-state index >= 15 is 0 Å². The first-order valence-electron chi connectivity index (χ1n) is 8.88. The molecule has 0 fully saturated rings. The van der Waals surface area contributed by atoms with Gasteiger partial charge in [-0.3, -0.25) is 11.3 Å². The molecule has 3 N–H and O–H groups in total. The molecule has 1 aromatic carbocycles. The van der Waals surface area contributed by atoms with Crippen LogP contribution in [0.3, 0.4) is 0 Å². The first-order valence-corrected chi connectivity index (χ1v) is 8.88. The summed E-state index contributed by atoms with van der Waals surface area (Å²) in [5, 5.41) is 0. The van der Waals surface area contributed by atoms with Crippen molar-refractivity contribution < 1.29 is 0 Å². The summed E-state index contributed by atoms with van der Waals surface area (Å²) in [6.07, 6.45) is 13.2. The Bertz CT molecular complexity index is 377. The van der Waals surface area contributed by atoms with Crippen LogP contribution in [0.15, 0.2) is 24.3 Å². The number of rotatable bonds is 10. The van der Waals surface area contributed by atoms with E-state index in [1.165, 1.54) is 75.3 Å². The number of benzene rings is 1. The van der Waals surface area contributed by atoms with E-state index in [1.54, 1.807) is 0 Å². The van der Waals surface area contributed by atoms with Gasteiger partial charge in [0.15, 0.2) is 0 Å². The second kappa shape index (κ2) is 9.22. The van der Waals surface area contributed by atoms with Crippen molar-refractivity contribution in [1.29, 1.82) is 0 Å². The largest absolute Gasteiger partial charge is 0.271 e. The van der Waals surface area contributed by atoms with Gasteiger partial charge in [-0.05, 0) is 36.3 Å². The van der Waals surface area contributed by atoms with Crippen molar-refractivity contribution in [3.8, 4) is 0 Å². The highest BCUT2D eigenvalue weighted by molar-refractivity contribution is 5.32. The Labute approximate surface area is 130 Å². The summed E-state index contributed by atoms with van der Waals surface area (Å²) in [4.78, 5) is 0.